The van der Waals surface area contributed by atoms with Crippen molar-refractivity contribution in [3.63, 3.8) is 0 Å². The lowest BCUT2D eigenvalue weighted by Crippen LogP contribution is -2.15. The summed E-state index contributed by atoms with van der Waals surface area (Å²) < 4.78 is 0. The van der Waals surface area contributed by atoms with Crippen molar-refractivity contribution < 1.29 is 0 Å². The molecule has 2 aliphatic carbocycles. The lowest BCUT2D eigenvalue weighted by molar-refractivity contribution is 0.251. The highest BCUT2D eigenvalue weighted by Gasteiger charge is 2.34. The molecular weight excluding hydrogens is 420 g/mol. The Morgan fingerprint density at radius 1 is 0.686 bits per heavy atom. The fourth-order valence-corrected chi connectivity index (χ4v) is 5.30. The van der Waals surface area contributed by atoms with Crippen molar-refractivity contribution in [1.82, 2.24) is 0 Å². The minimum atomic E-state index is 0.813. The Balaban J connectivity index is 0. The summed E-state index contributed by atoms with van der Waals surface area (Å²) in [4.78, 5) is 0. The highest BCUT2D eigenvalue weighted by molar-refractivity contribution is 4.85. The molecule has 2 aliphatic rings. The number of hydrogen-bond donors (Lipinski definition) is 0. The number of rotatable bonds is 16. The van der Waals surface area contributed by atoms with Gasteiger partial charge in [0.2, 0.25) is 0 Å². The van der Waals surface area contributed by atoms with Crippen LogP contribution in [0.1, 0.15) is 172 Å². The molecule has 0 radical (unpaired) electrons. The van der Waals surface area contributed by atoms with Crippen LogP contribution in [0.2, 0.25) is 0 Å². The molecule has 212 valence electrons. The molecule has 2 rings (SSSR count). The van der Waals surface area contributed by atoms with Gasteiger partial charge in [-0.2, -0.15) is 0 Å². The molecule has 0 aromatic rings. The second-order valence-corrected chi connectivity index (χ2v) is 12.2. The first-order chi connectivity index (χ1) is 16.8. The van der Waals surface area contributed by atoms with E-state index >= 15 is 0 Å². The molecular formula is C35H72. The molecule has 0 spiro atoms. The summed E-state index contributed by atoms with van der Waals surface area (Å²) in [7, 11) is 0. The van der Waals surface area contributed by atoms with Gasteiger partial charge in [0.15, 0.2) is 0 Å². The summed E-state index contributed by atoms with van der Waals surface area (Å²) in [6.07, 6.45) is 24.9. The van der Waals surface area contributed by atoms with Crippen molar-refractivity contribution in [3.05, 3.63) is 12.7 Å². The number of hydrogen-bond acceptors (Lipinski definition) is 0. The molecule has 0 aromatic heterocycles. The van der Waals surface area contributed by atoms with Gasteiger partial charge < -0.3 is 0 Å². The van der Waals surface area contributed by atoms with Crippen molar-refractivity contribution in [2.45, 2.75) is 172 Å². The molecule has 0 nitrogen and oxygen atoms in total. The molecule has 0 bridgehead atoms. The molecule has 2 saturated carbocycles. The van der Waals surface area contributed by atoms with Crippen LogP contribution in [0.4, 0.5) is 0 Å². The van der Waals surface area contributed by atoms with Crippen LogP contribution in [-0.4, -0.2) is 0 Å². The van der Waals surface area contributed by atoms with Crippen LogP contribution in [0, 0.1) is 41.4 Å². The molecule has 5 unspecified atom stereocenters. The number of unbranched alkanes of at least 4 members (excludes halogenated alkanes) is 2. The summed E-state index contributed by atoms with van der Waals surface area (Å²) in [5.41, 5.74) is 0. The predicted molar refractivity (Wildman–Crippen MR) is 165 cm³/mol. The Kier molecular flexibility index (Phi) is 26.8. The first-order valence-corrected chi connectivity index (χ1v) is 16.4. The molecule has 0 amide bonds. The first-order valence-electron chi connectivity index (χ1n) is 16.4. The van der Waals surface area contributed by atoms with Gasteiger partial charge >= 0.3 is 0 Å². The van der Waals surface area contributed by atoms with E-state index in [0.29, 0.717) is 0 Å². The summed E-state index contributed by atoms with van der Waals surface area (Å²) in [5.74, 6) is 6.86. The summed E-state index contributed by atoms with van der Waals surface area (Å²) in [6, 6.07) is 0. The van der Waals surface area contributed by atoms with Gasteiger partial charge in [-0.15, -0.1) is 6.58 Å². The van der Waals surface area contributed by atoms with Crippen LogP contribution in [0.5, 0.6) is 0 Å². The third-order valence-electron chi connectivity index (χ3n) is 8.76. The van der Waals surface area contributed by atoms with Crippen LogP contribution in [0.25, 0.3) is 0 Å². The fraction of sp³-hybridized carbons (Fsp3) is 0.943. The van der Waals surface area contributed by atoms with E-state index in [1.54, 1.807) is 25.7 Å². The Labute approximate surface area is 225 Å². The zero-order chi connectivity index (χ0) is 27.1. The molecule has 35 heavy (non-hydrogen) atoms. The smallest absolute Gasteiger partial charge is 0.0327 e. The lowest BCUT2D eigenvalue weighted by Gasteiger charge is -2.26. The maximum Gasteiger partial charge on any atom is -0.0327 e. The van der Waals surface area contributed by atoms with E-state index in [0.717, 1.165) is 29.6 Å². The zero-order valence-corrected chi connectivity index (χ0v) is 26.6. The van der Waals surface area contributed by atoms with Gasteiger partial charge in [-0.1, -0.05) is 146 Å². The van der Waals surface area contributed by atoms with E-state index in [1.807, 2.05) is 13.8 Å². The lowest BCUT2D eigenvalue weighted by atomic mass is 9.79. The van der Waals surface area contributed by atoms with Crippen molar-refractivity contribution in [1.29, 1.82) is 0 Å². The molecule has 2 fully saturated rings. The standard InChI is InChI=1S/C19H38.C7H12.C7H16.C2H6/c1-7-10-11-13-19(14-16(4)12-8-2)15-18(6)17(5)9-3;1-2-6(3-1)7-4-5-7;1-4-6-7(3)5-2;1-2/h8,16-19H,2,7,9-15H2,1,3-6H3;6-7H,1-5H2;7H,4-6H2,1-3H3;1-2H3. The summed E-state index contributed by atoms with van der Waals surface area (Å²) in [5, 5.41) is 0. The minimum absolute atomic E-state index is 0.813. The Bertz CT molecular complexity index is 416. The van der Waals surface area contributed by atoms with E-state index in [-0.39, 0.29) is 0 Å². The van der Waals surface area contributed by atoms with Crippen LogP contribution in [0.3, 0.4) is 0 Å². The van der Waals surface area contributed by atoms with Crippen LogP contribution in [-0.2, 0) is 0 Å². The highest BCUT2D eigenvalue weighted by atomic mass is 14.4. The zero-order valence-electron chi connectivity index (χ0n) is 26.6. The normalized spacial score (nSPS) is 19.1. The molecule has 5 atom stereocenters. The quantitative estimate of drug-likeness (QED) is 0.148. The first kappa shape index (κ1) is 36.9. The molecule has 0 saturated heterocycles. The molecule has 0 aliphatic heterocycles. The number of allylic oxidation sites excluding steroid dienone is 1. The average molecular weight is 493 g/mol. The van der Waals surface area contributed by atoms with Gasteiger partial charge in [-0.3, -0.25) is 0 Å². The fourth-order valence-electron chi connectivity index (χ4n) is 5.30. The van der Waals surface area contributed by atoms with E-state index in [2.05, 4.69) is 68.0 Å². The van der Waals surface area contributed by atoms with Gasteiger partial charge in [0, 0.05) is 0 Å². The van der Waals surface area contributed by atoms with E-state index in [4.69, 9.17) is 0 Å². The van der Waals surface area contributed by atoms with Crippen molar-refractivity contribution >= 4 is 0 Å². The predicted octanol–water partition coefficient (Wildman–Crippen LogP) is 12.9. The largest absolute Gasteiger partial charge is 0.103 e. The molecule has 0 N–H and O–H groups in total. The molecule has 0 aromatic carbocycles. The Morgan fingerprint density at radius 3 is 1.63 bits per heavy atom. The third kappa shape index (κ3) is 21.5. The van der Waals surface area contributed by atoms with E-state index in [1.165, 1.54) is 88.9 Å². The minimum Gasteiger partial charge on any atom is -0.103 e. The van der Waals surface area contributed by atoms with Gasteiger partial charge in [0.1, 0.15) is 0 Å². The summed E-state index contributed by atoms with van der Waals surface area (Å²) >= 11 is 0. The van der Waals surface area contributed by atoms with Crippen molar-refractivity contribution in [2.24, 2.45) is 41.4 Å². The maximum absolute atomic E-state index is 3.89. The molecule has 0 heteroatoms. The monoisotopic (exact) mass is 493 g/mol. The van der Waals surface area contributed by atoms with Gasteiger partial charge in [-0.05, 0) is 73.5 Å². The Hall–Kier alpha value is -0.260. The van der Waals surface area contributed by atoms with Crippen LogP contribution >= 0.6 is 0 Å². The van der Waals surface area contributed by atoms with Gasteiger partial charge in [0.25, 0.3) is 0 Å². The van der Waals surface area contributed by atoms with Crippen LogP contribution < -0.4 is 0 Å². The maximum atomic E-state index is 3.89. The van der Waals surface area contributed by atoms with E-state index in [9.17, 15) is 0 Å². The van der Waals surface area contributed by atoms with Crippen molar-refractivity contribution in [2.75, 3.05) is 0 Å². The van der Waals surface area contributed by atoms with Crippen LogP contribution in [0.15, 0.2) is 12.7 Å². The Morgan fingerprint density at radius 2 is 1.29 bits per heavy atom. The average Bonchev–Trinajstić information content (AvgIpc) is 3.64. The van der Waals surface area contributed by atoms with Crippen molar-refractivity contribution in [3.8, 4) is 0 Å². The van der Waals surface area contributed by atoms with Gasteiger partial charge in [-0.25, -0.2) is 0 Å². The van der Waals surface area contributed by atoms with Gasteiger partial charge in [0.05, 0.1) is 0 Å². The third-order valence-corrected chi connectivity index (χ3v) is 8.76. The summed E-state index contributed by atoms with van der Waals surface area (Å²) in [6.45, 7) is 26.6. The topological polar surface area (TPSA) is 0 Å². The van der Waals surface area contributed by atoms with E-state index < -0.39 is 0 Å². The second kappa shape index (κ2) is 25.4. The SMILES string of the molecule is C1CC(C2CC2)C1.C=CCC(C)CC(CCCCC)CC(C)C(C)CC.CC.CCCC(C)CC. The highest BCUT2D eigenvalue weighted by Crippen LogP contribution is 2.46. The molecule has 0 heterocycles. The second-order valence-electron chi connectivity index (χ2n) is 12.2.